The zero-order chi connectivity index (χ0) is 13.2. The molecule has 2 aliphatic heterocycles. The summed E-state index contributed by atoms with van der Waals surface area (Å²) in [5.41, 5.74) is 0.931. The smallest absolute Gasteiger partial charge is 0.334 e. The van der Waals surface area contributed by atoms with Crippen molar-refractivity contribution in [3.63, 3.8) is 0 Å². The van der Waals surface area contributed by atoms with Crippen molar-refractivity contribution in [1.82, 2.24) is 4.90 Å². The number of hydrogen-bond donors (Lipinski definition) is 0. The molecule has 2 saturated heterocycles. The molecule has 98 valence electrons. The van der Waals surface area contributed by atoms with E-state index in [4.69, 9.17) is 9.47 Å². The van der Waals surface area contributed by atoms with Gasteiger partial charge < -0.3 is 9.47 Å². The van der Waals surface area contributed by atoms with Crippen LogP contribution in [-0.2, 0) is 25.7 Å². The molecule has 1 amide bonds. The van der Waals surface area contributed by atoms with Gasteiger partial charge in [-0.3, -0.25) is 9.69 Å². The van der Waals surface area contributed by atoms with Gasteiger partial charge in [0.25, 0.3) is 0 Å². The van der Waals surface area contributed by atoms with Gasteiger partial charge in [-0.25, -0.2) is 4.79 Å². The maximum atomic E-state index is 11.6. The van der Waals surface area contributed by atoms with E-state index in [2.05, 4.69) is 0 Å². The van der Waals surface area contributed by atoms with Crippen LogP contribution < -0.4 is 0 Å². The Labute approximate surface area is 110 Å². The highest BCUT2D eigenvalue weighted by Crippen LogP contribution is 2.30. The largest absolute Gasteiger partial charge is 0.472 e. The minimum atomic E-state index is -0.450. The lowest BCUT2D eigenvalue weighted by atomic mass is 10.2. The number of fused-ring (bicyclic) bond motifs is 1. The molecule has 0 bridgehead atoms. The van der Waals surface area contributed by atoms with Crippen molar-refractivity contribution in [3.05, 3.63) is 47.7 Å². The van der Waals surface area contributed by atoms with Gasteiger partial charge in [0.2, 0.25) is 5.91 Å². The minimum Gasteiger partial charge on any atom is -0.472 e. The monoisotopic (exact) mass is 259 g/mol. The summed E-state index contributed by atoms with van der Waals surface area (Å²) in [7, 11) is 0. The number of rotatable bonds is 3. The van der Waals surface area contributed by atoms with Gasteiger partial charge in [0.05, 0.1) is 19.0 Å². The molecule has 5 heteroatoms. The van der Waals surface area contributed by atoms with E-state index < -0.39 is 5.97 Å². The summed E-state index contributed by atoms with van der Waals surface area (Å²) in [5, 5.41) is 0. The number of ether oxygens (including phenoxy) is 2. The predicted molar refractivity (Wildman–Crippen MR) is 65.5 cm³/mol. The summed E-state index contributed by atoms with van der Waals surface area (Å²) in [4.78, 5) is 24.4. The van der Waals surface area contributed by atoms with E-state index in [-0.39, 0.29) is 18.7 Å². The second-order valence-corrected chi connectivity index (χ2v) is 4.50. The Morgan fingerprint density at radius 3 is 2.89 bits per heavy atom. The van der Waals surface area contributed by atoms with Gasteiger partial charge in [-0.1, -0.05) is 30.3 Å². The van der Waals surface area contributed by atoms with Gasteiger partial charge >= 0.3 is 5.97 Å². The number of esters is 1. The summed E-state index contributed by atoms with van der Waals surface area (Å²) in [6.07, 6.45) is 1.53. The molecule has 5 nitrogen and oxygen atoms in total. The van der Waals surface area contributed by atoms with Crippen LogP contribution in [0.25, 0.3) is 0 Å². The van der Waals surface area contributed by atoms with E-state index in [1.165, 1.54) is 6.08 Å². The van der Waals surface area contributed by atoms with Crippen LogP contribution >= 0.6 is 0 Å². The van der Waals surface area contributed by atoms with Gasteiger partial charge in [0.15, 0.2) is 6.23 Å². The molecule has 0 aromatic heterocycles. The van der Waals surface area contributed by atoms with Gasteiger partial charge in [-0.05, 0) is 5.56 Å². The first-order chi connectivity index (χ1) is 9.22. The molecule has 1 unspecified atom stereocenters. The average molecular weight is 259 g/mol. The number of amides is 1. The van der Waals surface area contributed by atoms with Crippen molar-refractivity contribution in [2.75, 3.05) is 6.54 Å². The van der Waals surface area contributed by atoms with Crippen LogP contribution in [-0.4, -0.2) is 29.5 Å². The lowest BCUT2D eigenvalue weighted by molar-refractivity contribution is -0.154. The highest BCUT2D eigenvalue weighted by atomic mass is 16.5. The van der Waals surface area contributed by atoms with E-state index in [9.17, 15) is 9.59 Å². The minimum absolute atomic E-state index is 0.0612. The highest BCUT2D eigenvalue weighted by Gasteiger charge is 2.43. The molecule has 19 heavy (non-hydrogen) atoms. The first kappa shape index (κ1) is 11.8. The zero-order valence-electron chi connectivity index (χ0n) is 10.2. The molecule has 1 aromatic rings. The summed E-state index contributed by atoms with van der Waals surface area (Å²) in [6.45, 7) is 0.597. The number of carbonyl (C=O) groups excluding carboxylic acids is 2. The molecule has 2 heterocycles. The molecule has 2 fully saturated rings. The Kier molecular flexibility index (Phi) is 2.95. The van der Waals surface area contributed by atoms with Crippen molar-refractivity contribution >= 4 is 11.9 Å². The van der Waals surface area contributed by atoms with Crippen LogP contribution in [0.1, 0.15) is 12.0 Å². The van der Waals surface area contributed by atoms with E-state index in [1.807, 2.05) is 30.3 Å². The van der Waals surface area contributed by atoms with Crippen molar-refractivity contribution in [2.45, 2.75) is 19.3 Å². The second kappa shape index (κ2) is 4.76. The highest BCUT2D eigenvalue weighted by molar-refractivity contribution is 5.85. The third-order valence-corrected chi connectivity index (χ3v) is 3.13. The van der Waals surface area contributed by atoms with Crippen LogP contribution in [0.3, 0.4) is 0 Å². The fourth-order valence-electron chi connectivity index (χ4n) is 2.08. The molecular formula is C14H13NO4. The maximum absolute atomic E-state index is 11.6. The Balaban J connectivity index is 1.53. The van der Waals surface area contributed by atoms with Crippen LogP contribution in [0.4, 0.5) is 0 Å². The van der Waals surface area contributed by atoms with Crippen molar-refractivity contribution < 1.29 is 19.1 Å². The molecule has 0 radical (unpaired) electrons. The fourth-order valence-corrected chi connectivity index (χ4v) is 2.08. The standard InChI is InChI=1S/C14H13NO4/c16-12-7-13-15(12)8-11(19-13)6-14(17)18-9-10-4-2-1-3-5-10/h1-6,13H,7-9H2/b11-6+. The molecule has 1 aromatic carbocycles. The summed E-state index contributed by atoms with van der Waals surface area (Å²) in [5.74, 6) is 0.105. The molecule has 1 atom stereocenters. The predicted octanol–water partition coefficient (Wildman–Crippen LogP) is 1.20. The quantitative estimate of drug-likeness (QED) is 0.465. The van der Waals surface area contributed by atoms with Crippen molar-refractivity contribution in [1.29, 1.82) is 0 Å². The van der Waals surface area contributed by atoms with E-state index >= 15 is 0 Å². The summed E-state index contributed by atoms with van der Waals surface area (Å²) < 4.78 is 10.5. The zero-order valence-corrected chi connectivity index (χ0v) is 10.2. The summed E-state index contributed by atoms with van der Waals surface area (Å²) >= 11 is 0. The van der Waals surface area contributed by atoms with Crippen LogP contribution in [0.2, 0.25) is 0 Å². The molecule has 2 aliphatic rings. The second-order valence-electron chi connectivity index (χ2n) is 4.50. The van der Waals surface area contributed by atoms with Crippen LogP contribution in [0.15, 0.2) is 42.2 Å². The van der Waals surface area contributed by atoms with E-state index in [0.717, 1.165) is 5.56 Å². The molecule has 0 aliphatic carbocycles. The van der Waals surface area contributed by atoms with Crippen molar-refractivity contribution in [3.8, 4) is 0 Å². The fraction of sp³-hybridized carbons (Fsp3) is 0.286. The van der Waals surface area contributed by atoms with Gasteiger partial charge in [0, 0.05) is 0 Å². The van der Waals surface area contributed by atoms with Gasteiger partial charge in [0.1, 0.15) is 12.4 Å². The first-order valence-electron chi connectivity index (χ1n) is 6.10. The maximum Gasteiger partial charge on any atom is 0.334 e. The molecule has 0 spiro atoms. The summed E-state index contributed by atoms with van der Waals surface area (Å²) in [6, 6.07) is 9.45. The van der Waals surface area contributed by atoms with Gasteiger partial charge in [-0.15, -0.1) is 0 Å². The normalized spacial score (nSPS) is 22.7. The van der Waals surface area contributed by atoms with E-state index in [0.29, 0.717) is 18.7 Å². The third-order valence-electron chi connectivity index (χ3n) is 3.13. The Hall–Kier alpha value is -2.30. The number of hydrogen-bond acceptors (Lipinski definition) is 4. The topological polar surface area (TPSA) is 55.8 Å². The van der Waals surface area contributed by atoms with Crippen LogP contribution in [0.5, 0.6) is 0 Å². The Bertz CT molecular complexity index is 538. The lowest BCUT2D eigenvalue weighted by Gasteiger charge is -2.30. The average Bonchev–Trinajstić information content (AvgIpc) is 2.74. The number of nitrogens with zero attached hydrogens (tertiary/aromatic N) is 1. The number of β-lactam (4-membered cyclic amide) rings is 1. The van der Waals surface area contributed by atoms with Crippen LogP contribution in [0, 0.1) is 0 Å². The van der Waals surface area contributed by atoms with Crippen molar-refractivity contribution in [2.24, 2.45) is 0 Å². The first-order valence-corrected chi connectivity index (χ1v) is 6.10. The molecular weight excluding hydrogens is 246 g/mol. The SMILES string of the molecule is O=C(/C=C1\CN2C(=O)CC2O1)OCc1ccccc1. The molecule has 3 rings (SSSR count). The number of benzene rings is 1. The number of carbonyl (C=O) groups is 2. The third kappa shape index (κ3) is 2.45. The van der Waals surface area contributed by atoms with E-state index in [1.54, 1.807) is 4.90 Å². The lowest BCUT2D eigenvalue weighted by Crippen LogP contribution is -2.48. The Morgan fingerprint density at radius 1 is 1.42 bits per heavy atom. The molecule has 0 N–H and O–H groups in total. The van der Waals surface area contributed by atoms with Gasteiger partial charge in [-0.2, -0.15) is 0 Å². The Morgan fingerprint density at radius 2 is 2.21 bits per heavy atom. The molecule has 0 saturated carbocycles.